The zero-order chi connectivity index (χ0) is 11.5. The van der Waals surface area contributed by atoms with Crippen LogP contribution in [0, 0.1) is 0 Å². The number of nitrogens with zero attached hydrogens (tertiary/aromatic N) is 2. The lowest BCUT2D eigenvalue weighted by Crippen LogP contribution is -2.10. The molecule has 1 aliphatic heterocycles. The van der Waals surface area contributed by atoms with E-state index in [9.17, 15) is 0 Å². The van der Waals surface area contributed by atoms with Crippen LogP contribution >= 0.6 is 11.3 Å². The maximum absolute atomic E-state index is 5.65. The Hall–Kier alpha value is -1.13. The highest BCUT2D eigenvalue weighted by atomic mass is 32.1. The van der Waals surface area contributed by atoms with Gasteiger partial charge in [0.25, 0.3) is 0 Å². The third-order valence-corrected chi connectivity index (χ3v) is 4.04. The summed E-state index contributed by atoms with van der Waals surface area (Å²) in [6.45, 7) is 1.93. The summed E-state index contributed by atoms with van der Waals surface area (Å²) in [6.07, 6.45) is 7.91. The van der Waals surface area contributed by atoms with Gasteiger partial charge in [-0.3, -0.25) is 0 Å². The van der Waals surface area contributed by atoms with Crippen molar-refractivity contribution in [1.82, 2.24) is 9.55 Å². The lowest BCUT2D eigenvalue weighted by atomic mass is 10.2. The van der Waals surface area contributed by atoms with Crippen molar-refractivity contribution < 1.29 is 4.74 Å². The van der Waals surface area contributed by atoms with Crippen LogP contribution in [-0.4, -0.2) is 22.3 Å². The van der Waals surface area contributed by atoms with Gasteiger partial charge in [0.1, 0.15) is 5.82 Å². The van der Waals surface area contributed by atoms with Gasteiger partial charge in [-0.25, -0.2) is 4.98 Å². The van der Waals surface area contributed by atoms with Gasteiger partial charge in [-0.2, -0.15) is 0 Å². The highest BCUT2D eigenvalue weighted by molar-refractivity contribution is 7.13. The van der Waals surface area contributed by atoms with Crippen molar-refractivity contribution in [3.05, 3.63) is 29.9 Å². The number of rotatable bonds is 4. The molecule has 0 amide bonds. The molecule has 0 N–H and O–H groups in total. The third-order valence-electron chi connectivity index (χ3n) is 3.17. The van der Waals surface area contributed by atoms with Crippen LogP contribution in [0.3, 0.4) is 0 Å². The van der Waals surface area contributed by atoms with Crippen molar-refractivity contribution in [2.45, 2.75) is 31.9 Å². The molecule has 17 heavy (non-hydrogen) atoms. The van der Waals surface area contributed by atoms with Crippen molar-refractivity contribution >= 4 is 11.3 Å². The fraction of sp³-hybridized carbons (Fsp3) is 0.462. The Balaban J connectivity index is 1.69. The van der Waals surface area contributed by atoms with Gasteiger partial charge in [0, 0.05) is 25.5 Å². The molecule has 1 atom stereocenters. The van der Waals surface area contributed by atoms with Gasteiger partial charge < -0.3 is 9.30 Å². The van der Waals surface area contributed by atoms with Gasteiger partial charge in [-0.05, 0) is 30.7 Å². The van der Waals surface area contributed by atoms with E-state index in [1.165, 1.54) is 17.7 Å². The summed E-state index contributed by atoms with van der Waals surface area (Å²) >= 11 is 1.74. The molecule has 0 aromatic carbocycles. The summed E-state index contributed by atoms with van der Waals surface area (Å²) in [5, 5.41) is 2.09. The Morgan fingerprint density at radius 1 is 1.53 bits per heavy atom. The molecule has 1 fully saturated rings. The minimum atomic E-state index is 0.452. The van der Waals surface area contributed by atoms with E-state index in [0.717, 1.165) is 25.4 Å². The molecule has 1 aliphatic rings. The van der Waals surface area contributed by atoms with Crippen molar-refractivity contribution in [2.75, 3.05) is 6.61 Å². The van der Waals surface area contributed by atoms with Crippen LogP contribution in [0.1, 0.15) is 19.3 Å². The first-order valence-electron chi connectivity index (χ1n) is 6.10. The first-order valence-corrected chi connectivity index (χ1v) is 6.98. The molecule has 90 valence electrons. The average Bonchev–Trinajstić information content (AvgIpc) is 3.09. The van der Waals surface area contributed by atoms with Gasteiger partial charge in [-0.1, -0.05) is 6.07 Å². The highest BCUT2D eigenvalue weighted by Crippen LogP contribution is 2.24. The Kier molecular flexibility index (Phi) is 3.25. The van der Waals surface area contributed by atoms with Crippen LogP contribution in [0.25, 0.3) is 10.7 Å². The normalized spacial score (nSPS) is 19.9. The minimum absolute atomic E-state index is 0.452. The predicted molar refractivity (Wildman–Crippen MR) is 69.1 cm³/mol. The van der Waals surface area contributed by atoms with E-state index >= 15 is 0 Å². The van der Waals surface area contributed by atoms with Crippen LogP contribution in [0.4, 0.5) is 0 Å². The monoisotopic (exact) mass is 248 g/mol. The maximum atomic E-state index is 5.65. The molecular formula is C13H16N2OS. The molecule has 2 aromatic rings. The van der Waals surface area contributed by atoms with Crippen LogP contribution in [0.2, 0.25) is 0 Å². The fourth-order valence-corrected chi connectivity index (χ4v) is 3.01. The first-order chi connectivity index (χ1) is 8.43. The van der Waals surface area contributed by atoms with E-state index in [0.29, 0.717) is 6.10 Å². The Labute approximate surface area is 105 Å². The van der Waals surface area contributed by atoms with Gasteiger partial charge in [0.2, 0.25) is 0 Å². The Bertz CT molecular complexity index is 457. The average molecular weight is 248 g/mol. The van der Waals surface area contributed by atoms with E-state index in [4.69, 9.17) is 4.74 Å². The zero-order valence-electron chi connectivity index (χ0n) is 9.71. The maximum Gasteiger partial charge on any atom is 0.149 e. The molecule has 3 nitrogen and oxygen atoms in total. The molecule has 1 saturated heterocycles. The lowest BCUT2D eigenvalue weighted by Gasteiger charge is -2.11. The number of hydrogen-bond acceptors (Lipinski definition) is 3. The van der Waals surface area contributed by atoms with Crippen molar-refractivity contribution in [2.24, 2.45) is 0 Å². The van der Waals surface area contributed by atoms with Crippen LogP contribution in [-0.2, 0) is 11.3 Å². The molecule has 0 saturated carbocycles. The van der Waals surface area contributed by atoms with Crippen molar-refractivity contribution in [1.29, 1.82) is 0 Å². The number of ether oxygens (including phenoxy) is 1. The molecule has 0 radical (unpaired) electrons. The van der Waals surface area contributed by atoms with E-state index in [1.54, 1.807) is 11.3 Å². The van der Waals surface area contributed by atoms with Crippen LogP contribution < -0.4 is 0 Å². The second-order valence-electron chi connectivity index (χ2n) is 4.35. The molecule has 2 aromatic heterocycles. The van der Waals surface area contributed by atoms with E-state index in [-0.39, 0.29) is 0 Å². The minimum Gasteiger partial charge on any atom is -0.378 e. The summed E-state index contributed by atoms with van der Waals surface area (Å²) in [5.41, 5.74) is 0. The Morgan fingerprint density at radius 2 is 2.53 bits per heavy atom. The lowest BCUT2D eigenvalue weighted by molar-refractivity contribution is 0.100. The first kappa shape index (κ1) is 11.0. The fourth-order valence-electron chi connectivity index (χ4n) is 2.28. The molecule has 0 bridgehead atoms. The second kappa shape index (κ2) is 5.02. The van der Waals surface area contributed by atoms with E-state index in [1.807, 2.05) is 6.20 Å². The summed E-state index contributed by atoms with van der Waals surface area (Å²) in [5.74, 6) is 1.08. The smallest absolute Gasteiger partial charge is 0.149 e. The highest BCUT2D eigenvalue weighted by Gasteiger charge is 2.16. The molecule has 3 rings (SSSR count). The molecular weight excluding hydrogens is 232 g/mol. The van der Waals surface area contributed by atoms with Gasteiger partial charge >= 0.3 is 0 Å². The number of imidazole rings is 1. The molecule has 0 spiro atoms. The van der Waals surface area contributed by atoms with Gasteiger partial charge in [0.15, 0.2) is 0 Å². The quantitative estimate of drug-likeness (QED) is 0.831. The topological polar surface area (TPSA) is 27.1 Å². The molecule has 3 heterocycles. The largest absolute Gasteiger partial charge is 0.378 e. The van der Waals surface area contributed by atoms with Gasteiger partial charge in [-0.15, -0.1) is 11.3 Å². The number of aromatic nitrogens is 2. The van der Waals surface area contributed by atoms with E-state index in [2.05, 4.69) is 33.3 Å². The van der Waals surface area contributed by atoms with Crippen molar-refractivity contribution in [3.8, 4) is 10.7 Å². The molecule has 0 aliphatic carbocycles. The molecule has 4 heteroatoms. The molecule has 1 unspecified atom stereocenters. The SMILES string of the molecule is c1csc(-c2nccn2CCC2CCCO2)c1. The number of thiophene rings is 1. The van der Waals surface area contributed by atoms with Crippen LogP contribution in [0.5, 0.6) is 0 Å². The van der Waals surface area contributed by atoms with Gasteiger partial charge in [0.05, 0.1) is 11.0 Å². The Morgan fingerprint density at radius 3 is 3.29 bits per heavy atom. The second-order valence-corrected chi connectivity index (χ2v) is 5.29. The summed E-state index contributed by atoms with van der Waals surface area (Å²) in [4.78, 5) is 5.67. The third kappa shape index (κ3) is 2.42. The summed E-state index contributed by atoms with van der Waals surface area (Å²) < 4.78 is 7.88. The van der Waals surface area contributed by atoms with Crippen LogP contribution in [0.15, 0.2) is 29.9 Å². The standard InChI is InChI=1S/C13H16N2OS/c1-3-11(16-9-1)5-7-15-8-6-14-13(15)12-4-2-10-17-12/h2,4,6,8,10-11H,1,3,5,7,9H2. The van der Waals surface area contributed by atoms with E-state index < -0.39 is 0 Å². The summed E-state index contributed by atoms with van der Waals surface area (Å²) in [7, 11) is 0. The van der Waals surface area contributed by atoms with Crippen molar-refractivity contribution in [3.63, 3.8) is 0 Å². The summed E-state index contributed by atoms with van der Waals surface area (Å²) in [6, 6.07) is 4.19. The number of aryl methyl sites for hydroxylation is 1. The number of hydrogen-bond donors (Lipinski definition) is 0. The predicted octanol–water partition coefficient (Wildman–Crippen LogP) is 3.18. The zero-order valence-corrected chi connectivity index (χ0v) is 10.5.